The highest BCUT2D eigenvalue weighted by atomic mass is 16.4. The molecule has 2 aliphatic rings. The lowest BCUT2D eigenvalue weighted by atomic mass is 9.97. The molecule has 0 aromatic rings. The average Bonchev–Trinajstić information content (AvgIpc) is 2.69. The molecule has 3 nitrogen and oxygen atoms in total. The molecule has 3 heteroatoms. The fourth-order valence-electron chi connectivity index (χ4n) is 2.71. The summed E-state index contributed by atoms with van der Waals surface area (Å²) in [5.41, 5.74) is 1.24. The van der Waals surface area contributed by atoms with Crippen molar-refractivity contribution in [2.24, 2.45) is 5.92 Å². The predicted octanol–water partition coefficient (Wildman–Crippen LogP) is 2.41. The Balaban J connectivity index is 2.16. The zero-order valence-corrected chi connectivity index (χ0v) is 9.72. The van der Waals surface area contributed by atoms with E-state index < -0.39 is 5.97 Å². The summed E-state index contributed by atoms with van der Waals surface area (Å²) < 4.78 is 0. The Kier molecular flexibility index (Phi) is 3.32. The molecule has 0 bridgehead atoms. The number of nitrogens with zero attached hydrogens (tertiary/aromatic N) is 1. The molecule has 1 saturated heterocycles. The van der Waals surface area contributed by atoms with Crippen LogP contribution in [0.4, 0.5) is 0 Å². The first-order valence-corrected chi connectivity index (χ1v) is 6.10. The van der Waals surface area contributed by atoms with E-state index in [4.69, 9.17) is 0 Å². The molecular formula is C13H19NO2. The van der Waals surface area contributed by atoms with Crippen molar-refractivity contribution in [3.8, 4) is 0 Å². The number of hydrogen-bond acceptors (Lipinski definition) is 2. The van der Waals surface area contributed by atoms with Crippen LogP contribution in [-0.4, -0.2) is 28.6 Å². The Morgan fingerprint density at radius 2 is 2.50 bits per heavy atom. The van der Waals surface area contributed by atoms with Gasteiger partial charge in [0.1, 0.15) is 6.04 Å². The van der Waals surface area contributed by atoms with E-state index in [2.05, 4.69) is 23.1 Å². The highest BCUT2D eigenvalue weighted by Gasteiger charge is 2.35. The van der Waals surface area contributed by atoms with Gasteiger partial charge in [0.15, 0.2) is 0 Å². The summed E-state index contributed by atoms with van der Waals surface area (Å²) in [6, 6.07) is -0.326. The third-order valence-corrected chi connectivity index (χ3v) is 3.52. The minimum atomic E-state index is -0.682. The van der Waals surface area contributed by atoms with Gasteiger partial charge in [0.05, 0.1) is 0 Å². The van der Waals surface area contributed by atoms with Crippen molar-refractivity contribution in [2.45, 2.75) is 38.6 Å². The molecule has 0 aromatic carbocycles. The highest BCUT2D eigenvalue weighted by Crippen LogP contribution is 2.35. The molecule has 2 atom stereocenters. The molecule has 1 heterocycles. The number of fused-ring (bicyclic) bond motifs is 1. The Morgan fingerprint density at radius 3 is 3.19 bits per heavy atom. The minimum Gasteiger partial charge on any atom is -0.480 e. The quantitative estimate of drug-likeness (QED) is 0.792. The van der Waals surface area contributed by atoms with Crippen LogP contribution in [0.25, 0.3) is 0 Å². The van der Waals surface area contributed by atoms with Crippen molar-refractivity contribution in [3.63, 3.8) is 0 Å². The van der Waals surface area contributed by atoms with Gasteiger partial charge in [-0.3, -0.25) is 0 Å². The summed E-state index contributed by atoms with van der Waals surface area (Å²) in [6.07, 6.45) is 10.1. The minimum absolute atomic E-state index is 0.326. The molecule has 2 rings (SSSR count). The fourth-order valence-corrected chi connectivity index (χ4v) is 2.71. The van der Waals surface area contributed by atoms with E-state index in [0.29, 0.717) is 5.92 Å². The van der Waals surface area contributed by atoms with Gasteiger partial charge in [0, 0.05) is 18.2 Å². The summed E-state index contributed by atoms with van der Waals surface area (Å²) >= 11 is 0. The first kappa shape index (κ1) is 11.2. The van der Waals surface area contributed by atoms with Gasteiger partial charge in [-0.1, -0.05) is 25.5 Å². The number of hydrogen-bond donors (Lipinski definition) is 1. The number of carbonyl (C=O) groups is 1. The lowest BCUT2D eigenvalue weighted by molar-refractivity contribution is -0.142. The predicted molar refractivity (Wildman–Crippen MR) is 63.0 cm³/mol. The summed E-state index contributed by atoms with van der Waals surface area (Å²) in [5.74, 6) is -0.123. The molecule has 0 spiro atoms. The van der Waals surface area contributed by atoms with Gasteiger partial charge in [-0.2, -0.15) is 0 Å². The summed E-state index contributed by atoms with van der Waals surface area (Å²) in [5, 5.41) is 9.27. The van der Waals surface area contributed by atoms with Crippen LogP contribution in [0.5, 0.6) is 0 Å². The van der Waals surface area contributed by atoms with Gasteiger partial charge in [0.2, 0.25) is 0 Å². The molecule has 0 amide bonds. The molecule has 88 valence electrons. The van der Waals surface area contributed by atoms with Crippen LogP contribution >= 0.6 is 0 Å². The second-order valence-electron chi connectivity index (χ2n) is 4.58. The molecule has 2 unspecified atom stereocenters. The Hall–Kier alpha value is -1.25. The molecule has 0 saturated carbocycles. The van der Waals surface area contributed by atoms with Crippen molar-refractivity contribution in [2.75, 3.05) is 6.54 Å². The standard InChI is InChI=1S/C13H19NO2/c1-2-5-12(13(15)16)14-9-8-10-6-3-4-7-11(10)14/h3-4,7,10,12H,2,5-6,8-9H2,1H3,(H,15,16). The maximum Gasteiger partial charge on any atom is 0.326 e. The number of aliphatic carboxylic acids is 1. The normalized spacial score (nSPS) is 25.2. The maximum atomic E-state index is 11.3. The average molecular weight is 221 g/mol. The van der Waals surface area contributed by atoms with Crippen LogP contribution in [0.1, 0.15) is 32.6 Å². The van der Waals surface area contributed by atoms with E-state index in [-0.39, 0.29) is 6.04 Å². The molecule has 0 radical (unpaired) electrons. The molecule has 16 heavy (non-hydrogen) atoms. The van der Waals surface area contributed by atoms with E-state index >= 15 is 0 Å². The number of carboxylic acid groups (broad SMARTS) is 1. The van der Waals surface area contributed by atoms with Crippen LogP contribution < -0.4 is 0 Å². The number of allylic oxidation sites excluding steroid dienone is 4. The van der Waals surface area contributed by atoms with Crippen LogP contribution in [0.3, 0.4) is 0 Å². The first-order valence-electron chi connectivity index (χ1n) is 6.10. The van der Waals surface area contributed by atoms with Crippen molar-refractivity contribution in [3.05, 3.63) is 23.9 Å². The van der Waals surface area contributed by atoms with Gasteiger partial charge in [0.25, 0.3) is 0 Å². The van der Waals surface area contributed by atoms with Crippen LogP contribution in [0, 0.1) is 5.92 Å². The SMILES string of the molecule is CCCC(C(=O)O)N1CCC2CC=CC=C21. The molecule has 1 aliphatic heterocycles. The maximum absolute atomic E-state index is 11.3. The third-order valence-electron chi connectivity index (χ3n) is 3.52. The highest BCUT2D eigenvalue weighted by molar-refractivity contribution is 5.74. The van der Waals surface area contributed by atoms with Gasteiger partial charge in [-0.15, -0.1) is 0 Å². The lowest BCUT2D eigenvalue weighted by Crippen LogP contribution is -2.38. The molecule has 1 aliphatic carbocycles. The largest absolute Gasteiger partial charge is 0.480 e. The summed E-state index contributed by atoms with van der Waals surface area (Å²) in [4.78, 5) is 13.4. The number of carboxylic acids is 1. The summed E-state index contributed by atoms with van der Waals surface area (Å²) in [6.45, 7) is 2.94. The van der Waals surface area contributed by atoms with Crippen molar-refractivity contribution >= 4 is 5.97 Å². The third kappa shape index (κ3) is 1.99. The van der Waals surface area contributed by atoms with Gasteiger partial charge in [-0.25, -0.2) is 4.79 Å². The second kappa shape index (κ2) is 4.73. The summed E-state index contributed by atoms with van der Waals surface area (Å²) in [7, 11) is 0. The lowest BCUT2D eigenvalue weighted by Gasteiger charge is -2.29. The number of likely N-dealkylation sites (tertiary alicyclic amines) is 1. The van der Waals surface area contributed by atoms with Crippen molar-refractivity contribution in [1.29, 1.82) is 0 Å². The second-order valence-corrected chi connectivity index (χ2v) is 4.58. The van der Waals surface area contributed by atoms with Gasteiger partial charge < -0.3 is 10.0 Å². The van der Waals surface area contributed by atoms with Gasteiger partial charge >= 0.3 is 5.97 Å². The Morgan fingerprint density at radius 1 is 1.69 bits per heavy atom. The van der Waals surface area contributed by atoms with Crippen molar-refractivity contribution in [1.82, 2.24) is 4.90 Å². The van der Waals surface area contributed by atoms with Gasteiger partial charge in [-0.05, 0) is 25.3 Å². The van der Waals surface area contributed by atoms with Crippen LogP contribution in [0.2, 0.25) is 0 Å². The molecule has 1 N–H and O–H groups in total. The smallest absolute Gasteiger partial charge is 0.326 e. The first-order chi connectivity index (χ1) is 7.74. The zero-order chi connectivity index (χ0) is 11.5. The Labute approximate surface area is 96.4 Å². The van der Waals surface area contributed by atoms with E-state index in [1.165, 1.54) is 5.70 Å². The molecular weight excluding hydrogens is 202 g/mol. The molecule has 0 aromatic heterocycles. The van der Waals surface area contributed by atoms with E-state index in [1.54, 1.807) is 0 Å². The van der Waals surface area contributed by atoms with E-state index in [0.717, 1.165) is 32.2 Å². The zero-order valence-electron chi connectivity index (χ0n) is 9.72. The van der Waals surface area contributed by atoms with E-state index in [1.807, 2.05) is 6.92 Å². The van der Waals surface area contributed by atoms with E-state index in [9.17, 15) is 9.90 Å². The topological polar surface area (TPSA) is 40.5 Å². The molecule has 1 fully saturated rings. The van der Waals surface area contributed by atoms with Crippen LogP contribution in [0.15, 0.2) is 23.9 Å². The van der Waals surface area contributed by atoms with Crippen molar-refractivity contribution < 1.29 is 9.90 Å². The monoisotopic (exact) mass is 221 g/mol. The number of rotatable bonds is 4. The Bertz CT molecular complexity index is 333. The fraction of sp³-hybridized carbons (Fsp3) is 0.615. The van der Waals surface area contributed by atoms with Crippen LogP contribution in [-0.2, 0) is 4.79 Å².